The van der Waals surface area contributed by atoms with Gasteiger partial charge in [0.05, 0.1) is 0 Å². The van der Waals surface area contributed by atoms with Crippen molar-refractivity contribution >= 4 is 5.91 Å². The fraction of sp³-hybridized carbons (Fsp3) is 0.923. The Labute approximate surface area is 111 Å². The molecule has 2 atom stereocenters. The molecule has 2 unspecified atom stereocenters. The molecule has 1 amide bonds. The predicted molar refractivity (Wildman–Crippen MR) is 65.5 cm³/mol. The second-order valence-electron chi connectivity index (χ2n) is 6.58. The van der Waals surface area contributed by atoms with Crippen LogP contribution in [0.2, 0.25) is 0 Å². The number of amides is 1. The first-order chi connectivity index (χ1) is 8.66. The number of hydrogen-bond acceptors (Lipinski definition) is 2. The molecular formula is C13H21F3N2O. The molecule has 6 heteroatoms. The number of alkyl halides is 3. The normalized spacial score (nSPS) is 34.5. The molecule has 2 aliphatic rings. The van der Waals surface area contributed by atoms with Crippen LogP contribution in [0.3, 0.4) is 0 Å². The monoisotopic (exact) mass is 278 g/mol. The van der Waals surface area contributed by atoms with Crippen molar-refractivity contribution in [3.8, 4) is 0 Å². The van der Waals surface area contributed by atoms with Crippen molar-refractivity contribution in [2.75, 3.05) is 13.1 Å². The number of nitrogens with one attached hydrogen (secondary N) is 2. The first-order valence-corrected chi connectivity index (χ1v) is 6.75. The van der Waals surface area contributed by atoms with E-state index in [9.17, 15) is 18.0 Å². The maximum Gasteiger partial charge on any atom is 0.404 e. The van der Waals surface area contributed by atoms with E-state index in [1.165, 1.54) is 0 Å². The van der Waals surface area contributed by atoms with Crippen molar-refractivity contribution in [1.29, 1.82) is 0 Å². The number of carbonyl (C=O) groups is 1. The van der Waals surface area contributed by atoms with Crippen LogP contribution in [0.25, 0.3) is 0 Å². The Morgan fingerprint density at radius 1 is 1.32 bits per heavy atom. The third-order valence-electron chi connectivity index (χ3n) is 4.44. The molecule has 1 aliphatic heterocycles. The lowest BCUT2D eigenvalue weighted by Gasteiger charge is -2.31. The summed E-state index contributed by atoms with van der Waals surface area (Å²) < 4.78 is 39.6. The van der Waals surface area contributed by atoms with E-state index in [1.807, 2.05) is 0 Å². The van der Waals surface area contributed by atoms with Crippen LogP contribution in [-0.2, 0) is 4.79 Å². The van der Waals surface area contributed by atoms with Gasteiger partial charge in [0.1, 0.15) is 0 Å². The summed E-state index contributed by atoms with van der Waals surface area (Å²) in [6.07, 6.45) is -2.21. The third-order valence-corrected chi connectivity index (χ3v) is 4.44. The van der Waals surface area contributed by atoms with Gasteiger partial charge in [-0.05, 0) is 37.6 Å². The van der Waals surface area contributed by atoms with Crippen molar-refractivity contribution in [2.24, 2.45) is 10.8 Å². The Morgan fingerprint density at radius 3 is 2.42 bits per heavy atom. The standard InChI is InChI=1S/C13H21F3N2O/c1-11(2)4-3-9(7-11)18-10(19)12(13(14,15)16)5-6-17-8-12/h9,17H,3-8H2,1-2H3,(H,18,19). The van der Waals surface area contributed by atoms with E-state index in [1.54, 1.807) is 0 Å². The summed E-state index contributed by atoms with van der Waals surface area (Å²) in [5, 5.41) is 5.29. The lowest BCUT2D eigenvalue weighted by atomic mass is 9.84. The minimum Gasteiger partial charge on any atom is -0.353 e. The van der Waals surface area contributed by atoms with Crippen LogP contribution >= 0.6 is 0 Å². The van der Waals surface area contributed by atoms with Gasteiger partial charge in [0.25, 0.3) is 0 Å². The molecule has 1 saturated carbocycles. The lowest BCUT2D eigenvalue weighted by Crippen LogP contribution is -2.54. The average Bonchev–Trinajstić information content (AvgIpc) is 2.84. The highest BCUT2D eigenvalue weighted by Crippen LogP contribution is 2.44. The Balaban J connectivity index is 2.06. The fourth-order valence-corrected chi connectivity index (χ4v) is 3.14. The summed E-state index contributed by atoms with van der Waals surface area (Å²) in [6, 6.07) is -0.123. The number of rotatable bonds is 2. The zero-order valence-electron chi connectivity index (χ0n) is 11.4. The summed E-state index contributed by atoms with van der Waals surface area (Å²) in [4.78, 5) is 12.1. The Bertz CT molecular complexity index is 359. The van der Waals surface area contributed by atoms with Crippen LogP contribution in [-0.4, -0.2) is 31.2 Å². The SMILES string of the molecule is CC1(C)CCC(NC(=O)C2(C(F)(F)F)CCNC2)C1. The molecule has 2 fully saturated rings. The minimum absolute atomic E-state index is 0.108. The maximum atomic E-state index is 13.2. The van der Waals surface area contributed by atoms with Crippen LogP contribution in [0.15, 0.2) is 0 Å². The van der Waals surface area contributed by atoms with E-state index in [0.29, 0.717) is 0 Å². The molecule has 2 N–H and O–H groups in total. The molecule has 19 heavy (non-hydrogen) atoms. The molecule has 1 saturated heterocycles. The number of halogens is 3. The predicted octanol–water partition coefficient (Wildman–Crippen LogP) is 2.22. The molecular weight excluding hydrogens is 257 g/mol. The first kappa shape index (κ1) is 14.6. The Morgan fingerprint density at radius 2 is 2.00 bits per heavy atom. The maximum absolute atomic E-state index is 13.2. The average molecular weight is 278 g/mol. The van der Waals surface area contributed by atoms with Gasteiger partial charge in [-0.3, -0.25) is 4.79 Å². The van der Waals surface area contributed by atoms with Crippen LogP contribution < -0.4 is 10.6 Å². The van der Waals surface area contributed by atoms with Gasteiger partial charge < -0.3 is 10.6 Å². The van der Waals surface area contributed by atoms with Gasteiger partial charge in [-0.25, -0.2) is 0 Å². The molecule has 0 aromatic heterocycles. The van der Waals surface area contributed by atoms with E-state index < -0.39 is 17.5 Å². The summed E-state index contributed by atoms with van der Waals surface area (Å²) in [6.45, 7) is 4.09. The molecule has 1 heterocycles. The van der Waals surface area contributed by atoms with Gasteiger partial charge in [-0.15, -0.1) is 0 Å². The molecule has 3 nitrogen and oxygen atoms in total. The topological polar surface area (TPSA) is 41.1 Å². The minimum atomic E-state index is -4.49. The van der Waals surface area contributed by atoms with Gasteiger partial charge in [0.15, 0.2) is 5.41 Å². The van der Waals surface area contributed by atoms with Crippen LogP contribution in [0.4, 0.5) is 13.2 Å². The van der Waals surface area contributed by atoms with E-state index in [-0.39, 0.29) is 31.0 Å². The molecule has 0 spiro atoms. The molecule has 1 aliphatic carbocycles. The second-order valence-corrected chi connectivity index (χ2v) is 6.58. The highest BCUT2D eigenvalue weighted by atomic mass is 19.4. The van der Waals surface area contributed by atoms with E-state index >= 15 is 0 Å². The van der Waals surface area contributed by atoms with Crippen LogP contribution in [0, 0.1) is 10.8 Å². The highest BCUT2D eigenvalue weighted by Gasteiger charge is 2.61. The molecule has 2 rings (SSSR count). The molecule has 0 bridgehead atoms. The second kappa shape index (κ2) is 4.65. The van der Waals surface area contributed by atoms with Gasteiger partial charge in [0.2, 0.25) is 5.91 Å². The van der Waals surface area contributed by atoms with Crippen LogP contribution in [0.5, 0.6) is 0 Å². The largest absolute Gasteiger partial charge is 0.404 e. The molecule has 0 radical (unpaired) electrons. The van der Waals surface area contributed by atoms with Gasteiger partial charge >= 0.3 is 6.18 Å². The summed E-state index contributed by atoms with van der Waals surface area (Å²) in [7, 11) is 0. The van der Waals surface area contributed by atoms with Crippen molar-refractivity contribution in [1.82, 2.24) is 10.6 Å². The lowest BCUT2D eigenvalue weighted by molar-refractivity contribution is -0.216. The van der Waals surface area contributed by atoms with Gasteiger partial charge in [-0.1, -0.05) is 13.8 Å². The van der Waals surface area contributed by atoms with Gasteiger partial charge in [-0.2, -0.15) is 13.2 Å². The van der Waals surface area contributed by atoms with Crippen molar-refractivity contribution < 1.29 is 18.0 Å². The van der Waals surface area contributed by atoms with E-state index in [4.69, 9.17) is 0 Å². The third kappa shape index (κ3) is 2.73. The fourth-order valence-electron chi connectivity index (χ4n) is 3.14. The van der Waals surface area contributed by atoms with Crippen molar-refractivity contribution in [3.05, 3.63) is 0 Å². The van der Waals surface area contributed by atoms with Crippen molar-refractivity contribution in [2.45, 2.75) is 51.7 Å². The summed E-state index contributed by atoms with van der Waals surface area (Å²) in [5.74, 6) is -0.854. The first-order valence-electron chi connectivity index (χ1n) is 6.75. The van der Waals surface area contributed by atoms with Gasteiger partial charge in [0, 0.05) is 12.6 Å². The summed E-state index contributed by atoms with van der Waals surface area (Å²) in [5.41, 5.74) is -2.13. The smallest absolute Gasteiger partial charge is 0.353 e. The highest BCUT2D eigenvalue weighted by molar-refractivity contribution is 5.84. The Kier molecular flexibility index (Phi) is 3.58. The quantitative estimate of drug-likeness (QED) is 0.813. The summed E-state index contributed by atoms with van der Waals surface area (Å²) >= 11 is 0. The molecule has 0 aromatic carbocycles. The molecule has 0 aromatic rings. The Hall–Kier alpha value is -0.780. The number of carbonyl (C=O) groups excluding carboxylic acids is 1. The van der Waals surface area contributed by atoms with Crippen molar-refractivity contribution in [3.63, 3.8) is 0 Å². The zero-order valence-corrected chi connectivity index (χ0v) is 11.4. The zero-order chi connectivity index (χ0) is 14.3. The number of hydrogen-bond donors (Lipinski definition) is 2. The van der Waals surface area contributed by atoms with Crippen LogP contribution in [0.1, 0.15) is 39.5 Å². The molecule has 110 valence electrons. The van der Waals surface area contributed by atoms with E-state index in [2.05, 4.69) is 24.5 Å². The van der Waals surface area contributed by atoms with E-state index in [0.717, 1.165) is 19.3 Å².